The van der Waals surface area contributed by atoms with Crippen molar-refractivity contribution in [3.05, 3.63) is 45.0 Å². The lowest BCUT2D eigenvalue weighted by atomic mass is 10.1. The number of nitrogens with one attached hydrogen (secondary N) is 1. The molecule has 0 fully saturated rings. The Bertz CT molecular complexity index is 776. The Balaban J connectivity index is 1.86. The van der Waals surface area contributed by atoms with Crippen molar-refractivity contribution in [3.8, 4) is 5.75 Å². The number of fused-ring (bicyclic) bond motifs is 1. The molecule has 0 aliphatic heterocycles. The molecule has 21 heavy (non-hydrogen) atoms. The van der Waals surface area contributed by atoms with Crippen molar-refractivity contribution in [1.29, 1.82) is 0 Å². The monoisotopic (exact) mass is 320 g/mol. The van der Waals surface area contributed by atoms with Gasteiger partial charge >= 0.3 is 0 Å². The minimum atomic E-state index is 0.446. The molecule has 0 saturated heterocycles. The first-order valence-corrected chi connectivity index (χ1v) is 8.14. The fraction of sp³-hybridized carbons (Fsp3) is 0.312. The van der Waals surface area contributed by atoms with Crippen molar-refractivity contribution in [3.63, 3.8) is 0 Å². The summed E-state index contributed by atoms with van der Waals surface area (Å²) in [7, 11) is 0. The van der Waals surface area contributed by atoms with Crippen LogP contribution in [0.15, 0.2) is 23.6 Å². The highest BCUT2D eigenvalue weighted by Gasteiger charge is 2.10. The molecule has 0 radical (unpaired) electrons. The molecule has 0 amide bonds. The maximum Gasteiger partial charge on any atom is 0.140 e. The van der Waals surface area contributed by atoms with E-state index in [0.717, 1.165) is 21.6 Å². The zero-order valence-electron chi connectivity index (χ0n) is 12.2. The number of hydrogen-bond acceptors (Lipinski definition) is 3. The number of hydrogen-bond donors (Lipinski definition) is 1. The first-order valence-electron chi connectivity index (χ1n) is 6.89. The fourth-order valence-corrected chi connectivity index (χ4v) is 3.10. The molecule has 0 atom stereocenters. The Morgan fingerprint density at radius 2 is 2.14 bits per heavy atom. The van der Waals surface area contributed by atoms with Crippen molar-refractivity contribution in [2.75, 3.05) is 0 Å². The molecule has 3 aromatic rings. The van der Waals surface area contributed by atoms with Crippen molar-refractivity contribution < 1.29 is 4.74 Å². The van der Waals surface area contributed by atoms with Gasteiger partial charge in [-0.25, -0.2) is 4.98 Å². The average Bonchev–Trinajstić information content (AvgIpc) is 3.02. The Hall–Kier alpha value is -1.52. The van der Waals surface area contributed by atoms with Gasteiger partial charge in [-0.1, -0.05) is 25.4 Å². The molecule has 3 rings (SSSR count). The molecule has 3 nitrogen and oxygen atoms in total. The lowest BCUT2D eigenvalue weighted by Crippen LogP contribution is -1.95. The van der Waals surface area contributed by atoms with Crippen LogP contribution in [-0.4, -0.2) is 9.97 Å². The summed E-state index contributed by atoms with van der Waals surface area (Å²) in [6.45, 7) is 6.75. The molecule has 0 bridgehead atoms. The third-order valence-electron chi connectivity index (χ3n) is 3.33. The number of aryl methyl sites for hydroxylation is 1. The van der Waals surface area contributed by atoms with E-state index in [1.807, 2.05) is 24.4 Å². The van der Waals surface area contributed by atoms with Gasteiger partial charge in [-0.05, 0) is 25.0 Å². The van der Waals surface area contributed by atoms with Crippen LogP contribution < -0.4 is 4.74 Å². The van der Waals surface area contributed by atoms with E-state index >= 15 is 0 Å². The van der Waals surface area contributed by atoms with Crippen LogP contribution in [-0.2, 0) is 6.61 Å². The maximum absolute atomic E-state index is 6.31. The predicted octanol–water partition coefficient (Wildman–Crippen LogP) is 5.29. The summed E-state index contributed by atoms with van der Waals surface area (Å²) in [5, 5.41) is 4.72. The van der Waals surface area contributed by atoms with Crippen LogP contribution in [0.1, 0.15) is 36.2 Å². The van der Waals surface area contributed by atoms with Gasteiger partial charge in [0.15, 0.2) is 0 Å². The molecular formula is C16H17ClN2OS. The Morgan fingerprint density at radius 3 is 2.81 bits per heavy atom. The third kappa shape index (κ3) is 3.06. The number of halogens is 1. The normalized spacial score (nSPS) is 11.5. The molecule has 110 valence electrons. The van der Waals surface area contributed by atoms with Gasteiger partial charge in [-0.3, -0.25) is 0 Å². The number of aromatic nitrogens is 2. The van der Waals surface area contributed by atoms with Crippen molar-refractivity contribution in [2.24, 2.45) is 0 Å². The maximum atomic E-state index is 6.31. The number of thiazole rings is 1. The second-order valence-electron chi connectivity index (χ2n) is 5.42. The minimum absolute atomic E-state index is 0.446. The van der Waals surface area contributed by atoms with Gasteiger partial charge in [0.25, 0.3) is 0 Å². The Morgan fingerprint density at radius 1 is 1.33 bits per heavy atom. The molecule has 2 heterocycles. The van der Waals surface area contributed by atoms with Crippen molar-refractivity contribution in [1.82, 2.24) is 9.97 Å². The molecule has 1 N–H and O–H groups in total. The van der Waals surface area contributed by atoms with Gasteiger partial charge in [-0.15, -0.1) is 11.3 Å². The highest BCUT2D eigenvalue weighted by Crippen LogP contribution is 2.32. The molecule has 5 heteroatoms. The number of benzene rings is 1. The lowest BCUT2D eigenvalue weighted by molar-refractivity contribution is 0.306. The van der Waals surface area contributed by atoms with E-state index in [4.69, 9.17) is 16.3 Å². The summed E-state index contributed by atoms with van der Waals surface area (Å²) in [6.07, 6.45) is 0. The number of ether oxygens (including phenoxy) is 1. The largest absolute Gasteiger partial charge is 0.485 e. The summed E-state index contributed by atoms with van der Waals surface area (Å²) in [5.74, 6) is 1.15. The highest BCUT2D eigenvalue weighted by molar-refractivity contribution is 7.09. The quantitative estimate of drug-likeness (QED) is 0.709. The van der Waals surface area contributed by atoms with E-state index in [1.54, 1.807) is 11.3 Å². The first kappa shape index (κ1) is 14.4. The highest BCUT2D eigenvalue weighted by atomic mass is 35.5. The van der Waals surface area contributed by atoms with Crippen molar-refractivity contribution >= 4 is 33.8 Å². The summed E-state index contributed by atoms with van der Waals surface area (Å²) < 4.78 is 5.81. The second kappa shape index (κ2) is 5.70. The van der Waals surface area contributed by atoms with Crippen LogP contribution in [0, 0.1) is 6.92 Å². The third-order valence-corrected chi connectivity index (χ3v) is 4.57. The van der Waals surface area contributed by atoms with E-state index in [9.17, 15) is 0 Å². The van der Waals surface area contributed by atoms with E-state index in [0.29, 0.717) is 23.3 Å². The molecule has 0 aliphatic carbocycles. The van der Waals surface area contributed by atoms with E-state index in [1.165, 1.54) is 5.69 Å². The molecule has 0 aliphatic rings. The Labute approximate surface area is 132 Å². The number of aromatic amines is 1. The average molecular weight is 321 g/mol. The lowest BCUT2D eigenvalue weighted by Gasteiger charge is -2.06. The molecule has 0 spiro atoms. The molecular weight excluding hydrogens is 304 g/mol. The molecule has 1 aromatic carbocycles. The van der Waals surface area contributed by atoms with Crippen LogP contribution in [0.25, 0.3) is 10.9 Å². The summed E-state index contributed by atoms with van der Waals surface area (Å²) in [4.78, 5) is 7.80. The van der Waals surface area contributed by atoms with Crippen LogP contribution in [0.3, 0.4) is 0 Å². The van der Waals surface area contributed by atoms with Gasteiger partial charge < -0.3 is 9.72 Å². The number of H-pyrrole nitrogens is 1. The van der Waals surface area contributed by atoms with Crippen LogP contribution in [0.2, 0.25) is 5.02 Å². The van der Waals surface area contributed by atoms with E-state index in [2.05, 4.69) is 29.9 Å². The fourth-order valence-electron chi connectivity index (χ4n) is 2.19. The second-order valence-corrected chi connectivity index (χ2v) is 6.77. The number of nitrogens with zero attached hydrogens (tertiary/aromatic N) is 1. The van der Waals surface area contributed by atoms with Gasteiger partial charge in [0, 0.05) is 33.7 Å². The first-order chi connectivity index (χ1) is 10.0. The summed E-state index contributed by atoms with van der Waals surface area (Å²) in [6, 6.07) is 6.05. The van der Waals surface area contributed by atoms with Gasteiger partial charge in [0.05, 0.1) is 5.02 Å². The SMILES string of the molecule is Cc1csc(COc2cc3[nH]c(C(C)C)cc3cc2Cl)n1. The molecule has 0 unspecified atom stereocenters. The summed E-state index contributed by atoms with van der Waals surface area (Å²) in [5.41, 5.74) is 3.27. The Kier molecular flexibility index (Phi) is 3.91. The van der Waals surface area contributed by atoms with Crippen LogP contribution >= 0.6 is 22.9 Å². The standard InChI is InChI=1S/C16H17ClN2OS/c1-9(2)13-5-11-4-12(17)15(6-14(11)19-13)20-7-16-18-10(3)8-21-16/h4-6,8-9,19H,7H2,1-3H3. The van der Waals surface area contributed by atoms with Crippen molar-refractivity contribution in [2.45, 2.75) is 33.3 Å². The minimum Gasteiger partial charge on any atom is -0.485 e. The van der Waals surface area contributed by atoms with Crippen LogP contribution in [0.5, 0.6) is 5.75 Å². The van der Waals surface area contributed by atoms with E-state index < -0.39 is 0 Å². The number of rotatable bonds is 4. The zero-order chi connectivity index (χ0) is 15.0. The van der Waals surface area contributed by atoms with E-state index in [-0.39, 0.29) is 0 Å². The predicted molar refractivity (Wildman–Crippen MR) is 88.6 cm³/mol. The molecule has 0 saturated carbocycles. The molecule has 2 aromatic heterocycles. The van der Waals surface area contributed by atoms with Gasteiger partial charge in [0.2, 0.25) is 0 Å². The summed E-state index contributed by atoms with van der Waals surface area (Å²) >= 11 is 7.91. The van der Waals surface area contributed by atoms with Gasteiger partial charge in [0.1, 0.15) is 17.4 Å². The van der Waals surface area contributed by atoms with Crippen LogP contribution in [0.4, 0.5) is 0 Å². The smallest absolute Gasteiger partial charge is 0.140 e. The zero-order valence-corrected chi connectivity index (χ0v) is 13.8. The van der Waals surface area contributed by atoms with Gasteiger partial charge in [-0.2, -0.15) is 0 Å². The topological polar surface area (TPSA) is 37.9 Å².